The van der Waals surface area contributed by atoms with Crippen molar-refractivity contribution in [1.82, 2.24) is 4.90 Å². The highest BCUT2D eigenvalue weighted by molar-refractivity contribution is 6.33. The maximum Gasteiger partial charge on any atom is 0.300 e. The van der Waals surface area contributed by atoms with Crippen LogP contribution in [0.1, 0.15) is 37.0 Å². The van der Waals surface area contributed by atoms with Gasteiger partial charge in [-0.3, -0.25) is 14.9 Å². The van der Waals surface area contributed by atoms with Crippen molar-refractivity contribution in [2.24, 2.45) is 0 Å². The Hall–Kier alpha value is -1.62. The number of rotatable bonds is 5. The van der Waals surface area contributed by atoms with Crippen LogP contribution in [0.3, 0.4) is 0 Å². The van der Waals surface area contributed by atoms with Crippen LogP contribution in [0, 0.1) is 10.1 Å². The van der Waals surface area contributed by atoms with Crippen LogP contribution in [0.2, 0.25) is 5.02 Å². The molecule has 0 aliphatic rings. The number of hydrogen-bond acceptors (Lipinski definition) is 3. The first-order valence-corrected chi connectivity index (χ1v) is 6.51. The third kappa shape index (κ3) is 3.23. The summed E-state index contributed by atoms with van der Waals surface area (Å²) in [5.41, 5.74) is -0.293. The lowest BCUT2D eigenvalue weighted by atomic mass is 10.1. The van der Waals surface area contributed by atoms with Crippen molar-refractivity contribution in [1.29, 1.82) is 0 Å². The molecule has 0 saturated carbocycles. The minimum absolute atomic E-state index is 0.0196. The van der Waals surface area contributed by atoms with Gasteiger partial charge in [0.15, 0.2) is 0 Å². The molecule has 1 rings (SSSR count). The maximum atomic E-state index is 12.3. The van der Waals surface area contributed by atoms with E-state index in [-0.39, 0.29) is 28.2 Å². The summed E-state index contributed by atoms with van der Waals surface area (Å²) < 4.78 is 0. The fraction of sp³-hybridized carbons (Fsp3) is 0.462. The number of benzene rings is 1. The Morgan fingerprint density at radius 2 is 2.00 bits per heavy atom. The number of hydrogen-bond donors (Lipinski definition) is 0. The normalized spacial score (nSPS) is 10.6. The summed E-state index contributed by atoms with van der Waals surface area (Å²) in [4.78, 5) is 24.3. The Bertz CT molecular complexity index is 487. The first kappa shape index (κ1) is 15.4. The van der Waals surface area contributed by atoms with E-state index in [9.17, 15) is 14.9 Å². The van der Waals surface area contributed by atoms with Crippen molar-refractivity contribution in [3.63, 3.8) is 0 Å². The van der Waals surface area contributed by atoms with E-state index in [1.54, 1.807) is 18.0 Å². The summed E-state index contributed by atoms with van der Waals surface area (Å²) in [6, 6.07) is 4.45. The first-order valence-electron chi connectivity index (χ1n) is 6.14. The zero-order valence-electron chi connectivity index (χ0n) is 11.2. The molecule has 0 saturated heterocycles. The standard InChI is InChI=1S/C13H17ClN2O3/c1-4-9(5-2)15(3)13(17)10-7-6-8-11(14)12(10)16(18)19/h6-9H,4-5H2,1-3H3. The molecule has 0 aliphatic heterocycles. The van der Waals surface area contributed by atoms with Gasteiger partial charge in [0.05, 0.1) is 4.92 Å². The van der Waals surface area contributed by atoms with Crippen molar-refractivity contribution < 1.29 is 9.72 Å². The lowest BCUT2D eigenvalue weighted by molar-refractivity contribution is -0.385. The number of nitro benzene ring substituents is 1. The highest BCUT2D eigenvalue weighted by atomic mass is 35.5. The summed E-state index contributed by atoms with van der Waals surface area (Å²) in [5, 5.41) is 11.0. The van der Waals surface area contributed by atoms with Crippen molar-refractivity contribution in [2.45, 2.75) is 32.7 Å². The number of nitro groups is 1. The molecule has 6 heteroatoms. The van der Waals surface area contributed by atoms with Crippen molar-refractivity contribution in [3.05, 3.63) is 38.9 Å². The lowest BCUT2D eigenvalue weighted by Crippen LogP contribution is -2.36. The number of para-hydroxylation sites is 1. The van der Waals surface area contributed by atoms with Crippen molar-refractivity contribution in [2.75, 3.05) is 7.05 Å². The minimum atomic E-state index is -0.615. The number of nitrogens with zero attached hydrogens (tertiary/aromatic N) is 2. The van der Waals surface area contributed by atoms with Gasteiger partial charge in [0.2, 0.25) is 0 Å². The van der Waals surface area contributed by atoms with Crippen LogP contribution in [-0.2, 0) is 0 Å². The molecule has 0 N–H and O–H groups in total. The molecule has 0 aromatic heterocycles. The molecule has 19 heavy (non-hydrogen) atoms. The number of amides is 1. The van der Waals surface area contributed by atoms with E-state index in [0.29, 0.717) is 0 Å². The predicted octanol–water partition coefficient (Wildman–Crippen LogP) is 3.51. The van der Waals surface area contributed by atoms with Gasteiger partial charge in [-0.15, -0.1) is 0 Å². The topological polar surface area (TPSA) is 63.5 Å². The fourth-order valence-electron chi connectivity index (χ4n) is 2.07. The van der Waals surface area contributed by atoms with Gasteiger partial charge < -0.3 is 4.90 Å². The van der Waals surface area contributed by atoms with E-state index in [0.717, 1.165) is 12.8 Å². The Morgan fingerprint density at radius 1 is 1.42 bits per heavy atom. The molecule has 1 aromatic carbocycles. The van der Waals surface area contributed by atoms with Crippen LogP contribution < -0.4 is 0 Å². The summed E-state index contributed by atoms with van der Waals surface area (Å²) in [6.45, 7) is 3.95. The summed E-state index contributed by atoms with van der Waals surface area (Å²) >= 11 is 5.81. The maximum absolute atomic E-state index is 12.3. The molecule has 0 aliphatic carbocycles. The quantitative estimate of drug-likeness (QED) is 0.614. The van der Waals surface area contributed by atoms with E-state index >= 15 is 0 Å². The average molecular weight is 285 g/mol. The van der Waals surface area contributed by atoms with Crippen LogP contribution in [0.15, 0.2) is 18.2 Å². The van der Waals surface area contributed by atoms with Gasteiger partial charge in [-0.2, -0.15) is 0 Å². The summed E-state index contributed by atoms with van der Waals surface area (Å²) in [6.07, 6.45) is 1.60. The summed E-state index contributed by atoms with van der Waals surface area (Å²) in [5.74, 6) is -0.372. The van der Waals surface area contributed by atoms with Gasteiger partial charge in [0.25, 0.3) is 5.91 Å². The third-order valence-electron chi connectivity index (χ3n) is 3.21. The predicted molar refractivity (Wildman–Crippen MR) is 74.6 cm³/mol. The van der Waals surface area contributed by atoms with Crippen molar-refractivity contribution in [3.8, 4) is 0 Å². The molecular formula is C13H17ClN2O3. The highest BCUT2D eigenvalue weighted by Crippen LogP contribution is 2.29. The molecule has 0 spiro atoms. The Labute approximate surface area is 117 Å². The van der Waals surface area contributed by atoms with Crippen LogP contribution in [-0.4, -0.2) is 28.8 Å². The Balaban J connectivity index is 3.20. The van der Waals surface area contributed by atoms with Crippen LogP contribution in [0.5, 0.6) is 0 Å². The van der Waals surface area contributed by atoms with E-state index in [2.05, 4.69) is 0 Å². The molecule has 0 bridgehead atoms. The number of halogens is 1. The van der Waals surface area contributed by atoms with Gasteiger partial charge in [0, 0.05) is 13.1 Å². The molecule has 0 radical (unpaired) electrons. The second-order valence-electron chi connectivity index (χ2n) is 4.28. The van der Waals surface area contributed by atoms with Crippen LogP contribution >= 0.6 is 11.6 Å². The van der Waals surface area contributed by atoms with E-state index in [1.807, 2.05) is 13.8 Å². The smallest absolute Gasteiger partial charge is 0.300 e. The minimum Gasteiger partial charge on any atom is -0.339 e. The molecule has 0 atom stereocenters. The van der Waals surface area contributed by atoms with Crippen LogP contribution in [0.4, 0.5) is 5.69 Å². The van der Waals surface area contributed by atoms with Gasteiger partial charge in [-0.1, -0.05) is 31.5 Å². The summed E-state index contributed by atoms with van der Waals surface area (Å²) in [7, 11) is 1.66. The van der Waals surface area contributed by atoms with E-state index in [4.69, 9.17) is 11.6 Å². The molecule has 1 amide bonds. The second kappa shape index (κ2) is 6.52. The number of carbonyl (C=O) groups excluding carboxylic acids is 1. The Morgan fingerprint density at radius 3 is 2.47 bits per heavy atom. The lowest BCUT2D eigenvalue weighted by Gasteiger charge is -2.26. The van der Waals surface area contributed by atoms with Crippen LogP contribution in [0.25, 0.3) is 0 Å². The zero-order valence-corrected chi connectivity index (χ0v) is 12.0. The third-order valence-corrected chi connectivity index (χ3v) is 3.52. The number of carbonyl (C=O) groups is 1. The van der Waals surface area contributed by atoms with Crippen molar-refractivity contribution >= 4 is 23.2 Å². The molecular weight excluding hydrogens is 268 g/mol. The monoisotopic (exact) mass is 284 g/mol. The van der Waals surface area contributed by atoms with Gasteiger partial charge in [0.1, 0.15) is 10.6 Å². The molecule has 104 valence electrons. The zero-order chi connectivity index (χ0) is 14.6. The fourth-order valence-corrected chi connectivity index (χ4v) is 2.31. The molecule has 1 aromatic rings. The Kier molecular flexibility index (Phi) is 5.30. The van der Waals surface area contributed by atoms with Gasteiger partial charge in [-0.05, 0) is 25.0 Å². The van der Waals surface area contributed by atoms with E-state index < -0.39 is 4.92 Å². The largest absolute Gasteiger partial charge is 0.339 e. The average Bonchev–Trinajstić information content (AvgIpc) is 2.38. The molecule has 0 unspecified atom stereocenters. The van der Waals surface area contributed by atoms with Gasteiger partial charge in [-0.25, -0.2) is 0 Å². The SMILES string of the molecule is CCC(CC)N(C)C(=O)c1cccc(Cl)c1[N+](=O)[O-]. The first-order chi connectivity index (χ1) is 8.93. The highest BCUT2D eigenvalue weighted by Gasteiger charge is 2.27. The van der Waals surface area contributed by atoms with E-state index in [1.165, 1.54) is 12.1 Å². The second-order valence-corrected chi connectivity index (χ2v) is 4.69. The molecule has 0 heterocycles. The molecule has 0 fully saturated rings. The molecule has 5 nitrogen and oxygen atoms in total. The van der Waals surface area contributed by atoms with Gasteiger partial charge >= 0.3 is 5.69 Å².